The summed E-state index contributed by atoms with van der Waals surface area (Å²) < 4.78 is 17.0. The van der Waals surface area contributed by atoms with Crippen LogP contribution in [0.15, 0.2) is 69.3 Å². The Labute approximate surface area is 228 Å². The van der Waals surface area contributed by atoms with Crippen LogP contribution in [0.25, 0.3) is 10.8 Å². The Morgan fingerprint density at radius 1 is 1.08 bits per heavy atom. The first-order valence-corrected chi connectivity index (χ1v) is 13.1. The summed E-state index contributed by atoms with van der Waals surface area (Å²) in [6.45, 7) is 4.88. The van der Waals surface area contributed by atoms with E-state index in [-0.39, 0.29) is 29.4 Å². The van der Waals surface area contributed by atoms with Gasteiger partial charge in [0.2, 0.25) is 0 Å². The average molecular weight is 559 g/mol. The normalized spacial score (nSPS) is 11.4. The number of carbonyl (C=O) groups excluding carboxylic acids is 1. The van der Waals surface area contributed by atoms with E-state index in [1.54, 1.807) is 24.4 Å². The van der Waals surface area contributed by atoms with E-state index in [2.05, 4.69) is 34.6 Å². The molecule has 0 atom stereocenters. The Morgan fingerprint density at radius 2 is 1.86 bits per heavy atom. The van der Waals surface area contributed by atoms with Gasteiger partial charge in [0.25, 0.3) is 17.0 Å². The molecule has 1 amide bonds. The Hall–Kier alpha value is -3.27. The number of hydrazone groups is 1. The predicted octanol–water partition coefficient (Wildman–Crippen LogP) is 6.39. The van der Waals surface area contributed by atoms with Crippen molar-refractivity contribution in [1.82, 2.24) is 15.6 Å². The lowest BCUT2D eigenvalue weighted by Crippen LogP contribution is -2.19. The van der Waals surface area contributed by atoms with E-state index in [4.69, 9.17) is 37.1 Å². The molecule has 0 spiro atoms. The number of fused-ring (bicyclic) bond motifs is 1. The second kappa shape index (κ2) is 12.8. The van der Waals surface area contributed by atoms with E-state index in [0.29, 0.717) is 28.3 Å². The van der Waals surface area contributed by atoms with Crippen LogP contribution in [0, 0.1) is 5.92 Å². The molecule has 192 valence electrons. The number of carbonyl (C=O) groups is 1. The van der Waals surface area contributed by atoms with Gasteiger partial charge in [-0.05, 0) is 41.6 Å². The largest absolute Gasteiger partial charge is 0.493 e. The number of ether oxygens (including phenoxy) is 2. The van der Waals surface area contributed by atoms with Crippen LogP contribution in [0.2, 0.25) is 10.0 Å². The number of amides is 1. The van der Waals surface area contributed by atoms with Crippen LogP contribution in [-0.4, -0.2) is 34.7 Å². The number of nitrogens with zero attached hydrogens (tertiary/aromatic N) is 3. The standard InChI is InChI=1S/C26H24Cl2N4O4S/c1-16(2)13-34-22-9-7-17(19-5-3-4-6-20(19)22)12-29-30-24(33)15-37-26-32-31-25(36-26)14-35-23-10-8-18(27)11-21(23)28/h3-12,16H,13-15H2,1-2H3,(H,30,33)/b29-12-. The summed E-state index contributed by atoms with van der Waals surface area (Å²) in [4.78, 5) is 12.3. The number of thioether (sulfide) groups is 1. The van der Waals surface area contributed by atoms with Crippen LogP contribution >= 0.6 is 35.0 Å². The highest BCUT2D eigenvalue weighted by Gasteiger charge is 2.12. The Bertz CT molecular complexity index is 1410. The number of nitrogens with one attached hydrogen (secondary N) is 1. The van der Waals surface area contributed by atoms with Gasteiger partial charge in [0.15, 0.2) is 6.61 Å². The van der Waals surface area contributed by atoms with Gasteiger partial charge in [-0.2, -0.15) is 5.10 Å². The van der Waals surface area contributed by atoms with Gasteiger partial charge in [-0.15, -0.1) is 10.2 Å². The van der Waals surface area contributed by atoms with Crippen LogP contribution in [0.3, 0.4) is 0 Å². The van der Waals surface area contributed by atoms with E-state index in [1.807, 2.05) is 36.4 Å². The van der Waals surface area contributed by atoms with Gasteiger partial charge in [0, 0.05) is 16.0 Å². The van der Waals surface area contributed by atoms with Crippen LogP contribution in [0.5, 0.6) is 11.5 Å². The summed E-state index contributed by atoms with van der Waals surface area (Å²) in [5.41, 5.74) is 3.39. The smallest absolute Gasteiger partial charge is 0.277 e. The fourth-order valence-electron chi connectivity index (χ4n) is 3.21. The summed E-state index contributed by atoms with van der Waals surface area (Å²) in [7, 11) is 0. The zero-order valence-corrected chi connectivity index (χ0v) is 22.4. The van der Waals surface area contributed by atoms with Gasteiger partial charge in [0.05, 0.1) is 23.6 Å². The van der Waals surface area contributed by atoms with E-state index in [1.165, 1.54) is 0 Å². The molecule has 0 saturated heterocycles. The van der Waals surface area contributed by atoms with Gasteiger partial charge >= 0.3 is 0 Å². The minimum absolute atomic E-state index is 0.0284. The van der Waals surface area contributed by atoms with Crippen molar-refractivity contribution in [3.63, 3.8) is 0 Å². The molecule has 37 heavy (non-hydrogen) atoms. The number of benzene rings is 3. The predicted molar refractivity (Wildman–Crippen MR) is 146 cm³/mol. The highest BCUT2D eigenvalue weighted by Crippen LogP contribution is 2.29. The minimum atomic E-state index is -0.314. The van der Waals surface area contributed by atoms with Crippen molar-refractivity contribution < 1.29 is 18.7 Å². The molecule has 0 fully saturated rings. The zero-order chi connectivity index (χ0) is 26.2. The molecular formula is C26H24Cl2N4O4S. The highest BCUT2D eigenvalue weighted by molar-refractivity contribution is 7.99. The van der Waals surface area contributed by atoms with Crippen LogP contribution in [0.4, 0.5) is 0 Å². The third-order valence-corrected chi connectivity index (χ3v) is 6.25. The number of rotatable bonds is 11. The molecular weight excluding hydrogens is 535 g/mol. The van der Waals surface area contributed by atoms with Crippen molar-refractivity contribution in [3.8, 4) is 11.5 Å². The van der Waals surface area contributed by atoms with Gasteiger partial charge in [-0.25, -0.2) is 5.43 Å². The average Bonchev–Trinajstić information content (AvgIpc) is 3.34. The maximum absolute atomic E-state index is 12.3. The molecule has 1 heterocycles. The Balaban J connectivity index is 1.28. The number of halogens is 2. The van der Waals surface area contributed by atoms with Crippen LogP contribution in [-0.2, 0) is 11.4 Å². The van der Waals surface area contributed by atoms with Crippen molar-refractivity contribution in [3.05, 3.63) is 76.1 Å². The fourth-order valence-corrected chi connectivity index (χ4v) is 4.25. The number of hydrogen-bond acceptors (Lipinski definition) is 8. The summed E-state index contributed by atoms with van der Waals surface area (Å²) in [5, 5.41) is 15.0. The van der Waals surface area contributed by atoms with Gasteiger partial charge < -0.3 is 13.9 Å². The van der Waals surface area contributed by atoms with E-state index in [0.717, 1.165) is 33.8 Å². The number of hydrogen-bond donors (Lipinski definition) is 1. The van der Waals surface area contributed by atoms with Crippen molar-refractivity contribution in [1.29, 1.82) is 0 Å². The lowest BCUT2D eigenvalue weighted by Gasteiger charge is -2.12. The summed E-state index contributed by atoms with van der Waals surface area (Å²) >= 11 is 13.1. The SMILES string of the molecule is CC(C)COc1ccc(/C=N\NC(=O)CSc2nnc(COc3ccc(Cl)cc3Cl)o2)c2ccccc12. The topological polar surface area (TPSA) is 98.8 Å². The quantitative estimate of drug-likeness (QED) is 0.129. The van der Waals surface area contributed by atoms with Gasteiger partial charge in [-0.3, -0.25) is 4.79 Å². The molecule has 0 bridgehead atoms. The monoisotopic (exact) mass is 558 g/mol. The molecule has 0 radical (unpaired) electrons. The Kier molecular flexibility index (Phi) is 9.27. The maximum atomic E-state index is 12.3. The summed E-state index contributed by atoms with van der Waals surface area (Å²) in [5.74, 6) is 1.68. The molecule has 0 aliphatic rings. The first kappa shape index (κ1) is 26.8. The molecule has 4 rings (SSSR count). The van der Waals surface area contributed by atoms with Crippen LogP contribution in [0.1, 0.15) is 25.3 Å². The molecule has 0 unspecified atom stereocenters. The van der Waals surface area contributed by atoms with Crippen molar-refractivity contribution in [2.24, 2.45) is 11.0 Å². The molecule has 0 saturated carbocycles. The lowest BCUT2D eigenvalue weighted by molar-refractivity contribution is -0.118. The summed E-state index contributed by atoms with van der Waals surface area (Å²) in [6.07, 6.45) is 1.61. The number of aromatic nitrogens is 2. The molecule has 4 aromatic rings. The zero-order valence-electron chi connectivity index (χ0n) is 20.1. The maximum Gasteiger partial charge on any atom is 0.277 e. The third-order valence-electron chi connectivity index (χ3n) is 4.90. The molecule has 8 nitrogen and oxygen atoms in total. The molecule has 11 heteroatoms. The van der Waals surface area contributed by atoms with Gasteiger partial charge in [-0.1, -0.05) is 73.1 Å². The van der Waals surface area contributed by atoms with E-state index < -0.39 is 0 Å². The van der Waals surface area contributed by atoms with E-state index in [9.17, 15) is 4.79 Å². The van der Waals surface area contributed by atoms with Crippen molar-refractivity contribution >= 4 is 57.9 Å². The fraction of sp³-hybridized carbons (Fsp3) is 0.231. The Morgan fingerprint density at radius 3 is 2.65 bits per heavy atom. The lowest BCUT2D eigenvalue weighted by atomic mass is 10.0. The van der Waals surface area contributed by atoms with Gasteiger partial charge in [0.1, 0.15) is 11.5 Å². The first-order valence-electron chi connectivity index (χ1n) is 11.4. The van der Waals surface area contributed by atoms with E-state index >= 15 is 0 Å². The molecule has 0 aliphatic carbocycles. The second-order valence-electron chi connectivity index (χ2n) is 8.31. The molecule has 3 aromatic carbocycles. The first-order chi connectivity index (χ1) is 17.9. The highest BCUT2D eigenvalue weighted by atomic mass is 35.5. The molecule has 1 aromatic heterocycles. The molecule has 1 N–H and O–H groups in total. The third kappa shape index (κ3) is 7.61. The minimum Gasteiger partial charge on any atom is -0.493 e. The van der Waals surface area contributed by atoms with Crippen molar-refractivity contribution in [2.45, 2.75) is 25.7 Å². The van der Waals surface area contributed by atoms with Crippen molar-refractivity contribution in [2.75, 3.05) is 12.4 Å². The second-order valence-corrected chi connectivity index (χ2v) is 10.1. The molecule has 0 aliphatic heterocycles. The summed E-state index contributed by atoms with van der Waals surface area (Å²) in [6, 6.07) is 16.6. The van der Waals surface area contributed by atoms with Crippen LogP contribution < -0.4 is 14.9 Å².